The largest absolute Gasteiger partial charge is 0.350 e. The fourth-order valence-corrected chi connectivity index (χ4v) is 2.07. The first-order valence-electron chi connectivity index (χ1n) is 4.55. The van der Waals surface area contributed by atoms with E-state index in [1.54, 1.807) is 12.1 Å². The first-order valence-corrected chi connectivity index (χ1v) is 5.87. The molecule has 0 aromatic heterocycles. The number of carbonyl (C=O) groups is 1. The molecule has 2 amide bonds. The summed E-state index contributed by atoms with van der Waals surface area (Å²) in [5.74, 6) is 0.773. The molecule has 1 aromatic carbocycles. The summed E-state index contributed by atoms with van der Waals surface area (Å²) in [6, 6.07) is 4.91. The van der Waals surface area contributed by atoms with Crippen LogP contribution in [0.1, 0.15) is 12.5 Å². The van der Waals surface area contributed by atoms with E-state index in [-0.39, 0.29) is 0 Å². The van der Waals surface area contributed by atoms with Gasteiger partial charge in [-0.25, -0.2) is 9.10 Å². The number of benzene rings is 1. The van der Waals surface area contributed by atoms with E-state index in [0.29, 0.717) is 5.02 Å². The van der Waals surface area contributed by atoms with Crippen molar-refractivity contribution in [2.24, 2.45) is 5.73 Å². The van der Waals surface area contributed by atoms with Crippen molar-refractivity contribution >= 4 is 35.3 Å². The average molecular weight is 245 g/mol. The highest BCUT2D eigenvalue weighted by atomic mass is 35.5. The minimum Gasteiger partial charge on any atom is -0.350 e. The van der Waals surface area contributed by atoms with Gasteiger partial charge >= 0.3 is 6.03 Å². The van der Waals surface area contributed by atoms with Gasteiger partial charge in [-0.05, 0) is 36.6 Å². The van der Waals surface area contributed by atoms with Gasteiger partial charge in [0, 0.05) is 10.8 Å². The SMILES string of the molecule is CCSN(C(N)=O)c1cc(Cl)ccc1C. The normalized spacial score (nSPS) is 10.1. The smallest absolute Gasteiger partial charge is 0.329 e. The average Bonchev–Trinajstić information content (AvgIpc) is 2.18. The van der Waals surface area contributed by atoms with Crippen LogP contribution in [0.5, 0.6) is 0 Å². The molecule has 0 unspecified atom stereocenters. The van der Waals surface area contributed by atoms with Gasteiger partial charge in [-0.15, -0.1) is 0 Å². The van der Waals surface area contributed by atoms with Crippen molar-refractivity contribution in [3.8, 4) is 0 Å². The number of nitrogens with zero attached hydrogens (tertiary/aromatic N) is 1. The zero-order valence-corrected chi connectivity index (χ0v) is 10.2. The Labute approximate surface area is 98.7 Å². The molecule has 0 spiro atoms. The van der Waals surface area contributed by atoms with E-state index in [2.05, 4.69) is 0 Å². The van der Waals surface area contributed by atoms with Crippen LogP contribution < -0.4 is 10.0 Å². The molecule has 0 atom stereocenters. The topological polar surface area (TPSA) is 46.3 Å². The Morgan fingerprint density at radius 2 is 2.27 bits per heavy atom. The molecule has 2 N–H and O–H groups in total. The molecule has 0 aliphatic heterocycles. The number of rotatable bonds is 3. The number of hydrogen-bond donors (Lipinski definition) is 1. The summed E-state index contributed by atoms with van der Waals surface area (Å²) in [6.45, 7) is 3.87. The van der Waals surface area contributed by atoms with Crippen LogP contribution in [0.2, 0.25) is 5.02 Å². The molecule has 82 valence electrons. The first-order chi connectivity index (χ1) is 7.06. The maximum absolute atomic E-state index is 11.2. The number of aryl methyl sites for hydroxylation is 1. The van der Waals surface area contributed by atoms with E-state index in [0.717, 1.165) is 17.0 Å². The highest BCUT2D eigenvalue weighted by molar-refractivity contribution is 8.01. The lowest BCUT2D eigenvalue weighted by Crippen LogP contribution is -2.30. The third-order valence-electron chi connectivity index (χ3n) is 1.85. The minimum absolute atomic E-state index is 0.479. The van der Waals surface area contributed by atoms with Gasteiger partial charge < -0.3 is 5.73 Å². The second-order valence-electron chi connectivity index (χ2n) is 2.98. The van der Waals surface area contributed by atoms with E-state index >= 15 is 0 Å². The second kappa shape index (κ2) is 5.28. The number of carbonyl (C=O) groups excluding carboxylic acids is 1. The van der Waals surface area contributed by atoms with Crippen molar-refractivity contribution in [1.29, 1.82) is 0 Å². The molecule has 0 bridgehead atoms. The quantitative estimate of drug-likeness (QED) is 0.830. The first kappa shape index (κ1) is 12.2. The monoisotopic (exact) mass is 244 g/mol. The van der Waals surface area contributed by atoms with E-state index in [1.807, 2.05) is 19.9 Å². The van der Waals surface area contributed by atoms with Crippen LogP contribution >= 0.6 is 23.5 Å². The highest BCUT2D eigenvalue weighted by Crippen LogP contribution is 2.28. The number of urea groups is 1. The van der Waals surface area contributed by atoms with Gasteiger partial charge in [0.05, 0.1) is 5.69 Å². The van der Waals surface area contributed by atoms with Crippen LogP contribution in [-0.4, -0.2) is 11.8 Å². The summed E-state index contributed by atoms with van der Waals surface area (Å²) < 4.78 is 1.46. The molecule has 0 aliphatic rings. The minimum atomic E-state index is -0.479. The fourth-order valence-electron chi connectivity index (χ4n) is 1.18. The van der Waals surface area contributed by atoms with Crippen LogP contribution in [0.25, 0.3) is 0 Å². The van der Waals surface area contributed by atoms with Crippen LogP contribution in [0.4, 0.5) is 10.5 Å². The summed E-state index contributed by atoms with van der Waals surface area (Å²) in [4.78, 5) is 11.2. The molecule has 1 aromatic rings. The van der Waals surface area contributed by atoms with Crippen molar-refractivity contribution in [3.05, 3.63) is 28.8 Å². The number of nitrogens with two attached hydrogens (primary N) is 1. The molecule has 0 saturated heterocycles. The molecule has 15 heavy (non-hydrogen) atoms. The Kier molecular flexibility index (Phi) is 4.29. The van der Waals surface area contributed by atoms with Crippen LogP contribution in [-0.2, 0) is 0 Å². The summed E-state index contributed by atoms with van der Waals surface area (Å²) >= 11 is 7.24. The molecule has 0 aliphatic carbocycles. The van der Waals surface area contributed by atoms with E-state index in [4.69, 9.17) is 17.3 Å². The zero-order valence-electron chi connectivity index (χ0n) is 8.66. The van der Waals surface area contributed by atoms with Gasteiger partial charge in [0.25, 0.3) is 0 Å². The van der Waals surface area contributed by atoms with Gasteiger partial charge in [-0.1, -0.05) is 24.6 Å². The Balaban J connectivity index is 3.09. The van der Waals surface area contributed by atoms with Crippen molar-refractivity contribution in [2.45, 2.75) is 13.8 Å². The Bertz CT molecular complexity index is 370. The number of halogens is 1. The van der Waals surface area contributed by atoms with E-state index < -0.39 is 6.03 Å². The molecule has 0 saturated carbocycles. The van der Waals surface area contributed by atoms with Gasteiger partial charge in [0.2, 0.25) is 0 Å². The molecule has 5 heteroatoms. The third-order valence-corrected chi connectivity index (χ3v) is 2.98. The van der Waals surface area contributed by atoms with Crippen molar-refractivity contribution < 1.29 is 4.79 Å². The van der Waals surface area contributed by atoms with E-state index in [1.165, 1.54) is 16.3 Å². The number of anilines is 1. The van der Waals surface area contributed by atoms with Gasteiger partial charge in [0.15, 0.2) is 0 Å². The van der Waals surface area contributed by atoms with Gasteiger partial charge in [-0.3, -0.25) is 0 Å². The lowest BCUT2D eigenvalue weighted by atomic mass is 10.2. The number of hydrogen-bond acceptors (Lipinski definition) is 2. The summed E-state index contributed by atoms with van der Waals surface area (Å²) in [7, 11) is 0. The van der Waals surface area contributed by atoms with Crippen LogP contribution in [0.15, 0.2) is 18.2 Å². The number of amides is 2. The summed E-state index contributed by atoms with van der Waals surface area (Å²) in [6.07, 6.45) is 0. The fraction of sp³-hybridized carbons (Fsp3) is 0.300. The molecular weight excluding hydrogens is 232 g/mol. The predicted octanol–water partition coefficient (Wildman–Crippen LogP) is 3.20. The lowest BCUT2D eigenvalue weighted by molar-refractivity contribution is 0.257. The predicted molar refractivity (Wildman–Crippen MR) is 66.4 cm³/mol. The zero-order chi connectivity index (χ0) is 11.4. The maximum Gasteiger partial charge on any atom is 0.329 e. The standard InChI is InChI=1S/C10H13ClN2OS/c1-3-15-13(10(12)14)9-6-8(11)5-4-7(9)2/h4-6H,3H2,1-2H3,(H2,12,14). The Morgan fingerprint density at radius 3 is 2.80 bits per heavy atom. The lowest BCUT2D eigenvalue weighted by Gasteiger charge is -2.20. The summed E-state index contributed by atoms with van der Waals surface area (Å²) in [5.41, 5.74) is 7.02. The molecular formula is C10H13ClN2OS. The summed E-state index contributed by atoms with van der Waals surface area (Å²) in [5, 5.41) is 0.596. The molecule has 0 fully saturated rings. The van der Waals surface area contributed by atoms with Crippen molar-refractivity contribution in [1.82, 2.24) is 0 Å². The number of primary amides is 1. The second-order valence-corrected chi connectivity index (χ2v) is 4.62. The Morgan fingerprint density at radius 1 is 1.60 bits per heavy atom. The van der Waals surface area contributed by atoms with Crippen molar-refractivity contribution in [2.75, 3.05) is 10.1 Å². The van der Waals surface area contributed by atoms with Gasteiger partial charge in [0.1, 0.15) is 0 Å². The maximum atomic E-state index is 11.2. The Hall–Kier alpha value is -0.870. The third kappa shape index (κ3) is 3.04. The van der Waals surface area contributed by atoms with Crippen molar-refractivity contribution in [3.63, 3.8) is 0 Å². The molecule has 3 nitrogen and oxygen atoms in total. The van der Waals surface area contributed by atoms with Crippen LogP contribution in [0, 0.1) is 6.92 Å². The molecule has 1 rings (SSSR count). The van der Waals surface area contributed by atoms with E-state index in [9.17, 15) is 4.79 Å². The van der Waals surface area contributed by atoms with Gasteiger partial charge in [-0.2, -0.15) is 0 Å². The highest BCUT2D eigenvalue weighted by Gasteiger charge is 2.14. The molecule has 0 radical (unpaired) electrons. The van der Waals surface area contributed by atoms with Crippen LogP contribution in [0.3, 0.4) is 0 Å². The molecule has 0 heterocycles.